The number of rotatable bonds is 5. The van der Waals surface area contributed by atoms with E-state index < -0.39 is 0 Å². The molecule has 0 heterocycles. The summed E-state index contributed by atoms with van der Waals surface area (Å²) in [6.07, 6.45) is 6.14. The summed E-state index contributed by atoms with van der Waals surface area (Å²) in [7, 11) is 0. The van der Waals surface area contributed by atoms with Crippen molar-refractivity contribution in [2.75, 3.05) is 6.54 Å². The molecule has 0 rings (SSSR count). The zero-order valence-corrected chi connectivity index (χ0v) is 12.3. The van der Waals surface area contributed by atoms with Gasteiger partial charge in [0.25, 0.3) is 0 Å². The quantitative estimate of drug-likeness (QED) is 0.593. The minimum Gasteiger partial charge on any atom is -0.259 e. The molecule has 0 aromatic heterocycles. The van der Waals surface area contributed by atoms with Crippen LogP contribution in [0.4, 0.5) is 0 Å². The number of allylic oxidation sites excluding steroid dienone is 3. The van der Waals surface area contributed by atoms with Crippen LogP contribution in [0.2, 0.25) is 0 Å². The summed E-state index contributed by atoms with van der Waals surface area (Å²) >= 11 is 5.08. The van der Waals surface area contributed by atoms with E-state index in [1.165, 1.54) is 5.57 Å². The molecule has 0 aliphatic heterocycles. The highest BCUT2D eigenvalue weighted by Crippen LogP contribution is 2.19. The van der Waals surface area contributed by atoms with Gasteiger partial charge < -0.3 is 0 Å². The summed E-state index contributed by atoms with van der Waals surface area (Å²) < 4.78 is 4.49. The van der Waals surface area contributed by atoms with Gasteiger partial charge in [-0.1, -0.05) is 46.6 Å². The Bertz CT molecular complexity index is 261. The summed E-state index contributed by atoms with van der Waals surface area (Å²) in [6.45, 7) is 13.2. The Morgan fingerprint density at radius 2 is 2.07 bits per heavy atom. The molecule has 1 N–H and O–H groups in total. The van der Waals surface area contributed by atoms with Gasteiger partial charge >= 0.3 is 0 Å². The van der Waals surface area contributed by atoms with Crippen molar-refractivity contribution in [3.63, 3.8) is 0 Å². The lowest BCUT2D eigenvalue weighted by molar-refractivity contribution is 0.793. The van der Waals surface area contributed by atoms with Crippen LogP contribution in [0.25, 0.3) is 0 Å². The molecule has 0 fully saturated rings. The fraction of sp³-hybridized carbons (Fsp3) is 0.500. The van der Waals surface area contributed by atoms with Crippen LogP contribution >= 0.6 is 27.9 Å². The first-order valence-corrected chi connectivity index (χ1v) is 6.54. The Kier molecular flexibility index (Phi) is 7.32. The number of nitrogens with one attached hydrogen (secondary N) is 1. The molecule has 0 saturated heterocycles. The van der Waals surface area contributed by atoms with Crippen LogP contribution in [0.5, 0.6) is 0 Å². The predicted molar refractivity (Wildman–Crippen MR) is 76.3 cm³/mol. The van der Waals surface area contributed by atoms with Crippen molar-refractivity contribution in [2.24, 2.45) is 0 Å². The summed E-state index contributed by atoms with van der Waals surface area (Å²) in [5.74, 6) is 0. The van der Waals surface area contributed by atoms with E-state index in [2.05, 4.69) is 54.1 Å². The van der Waals surface area contributed by atoms with Crippen LogP contribution in [0.15, 0.2) is 34.9 Å². The molecule has 0 bridgehead atoms. The van der Waals surface area contributed by atoms with Crippen molar-refractivity contribution < 1.29 is 0 Å². The zero-order valence-electron chi connectivity index (χ0n) is 9.93. The molecule has 0 atom stereocenters. The molecule has 0 aromatic carbocycles. The van der Waals surface area contributed by atoms with Crippen LogP contribution in [0.1, 0.15) is 27.7 Å². The molecule has 3 heteroatoms. The molecule has 86 valence electrons. The number of hydrogen-bond acceptors (Lipinski definition) is 2. The van der Waals surface area contributed by atoms with E-state index in [0.717, 1.165) is 11.0 Å². The minimum atomic E-state index is 0.243. The van der Waals surface area contributed by atoms with Crippen LogP contribution in [-0.2, 0) is 0 Å². The standard InChI is InChI=1S/C12H20BrNS/c1-6-7-11(8-10(2)13)9-14-15-12(3,4)5/h6-8,14H,2,9H2,1,3-5H3/b7-6-,11-8+. The third-order valence-corrected chi connectivity index (χ3v) is 2.51. The van der Waals surface area contributed by atoms with E-state index in [1.54, 1.807) is 11.9 Å². The second-order valence-corrected chi connectivity index (χ2v) is 6.94. The van der Waals surface area contributed by atoms with E-state index in [1.807, 2.05) is 19.1 Å². The van der Waals surface area contributed by atoms with E-state index in [9.17, 15) is 0 Å². The van der Waals surface area contributed by atoms with Crippen LogP contribution in [-0.4, -0.2) is 11.3 Å². The summed E-state index contributed by atoms with van der Waals surface area (Å²) in [5.41, 5.74) is 1.22. The first kappa shape index (κ1) is 15.0. The highest BCUT2D eigenvalue weighted by molar-refractivity contribution is 9.11. The van der Waals surface area contributed by atoms with E-state index >= 15 is 0 Å². The monoisotopic (exact) mass is 289 g/mol. The summed E-state index contributed by atoms with van der Waals surface area (Å²) in [6, 6.07) is 0. The minimum absolute atomic E-state index is 0.243. The Hall–Kier alpha value is 0.01000. The van der Waals surface area contributed by atoms with Gasteiger partial charge in [0.15, 0.2) is 0 Å². The van der Waals surface area contributed by atoms with Gasteiger partial charge in [0.2, 0.25) is 0 Å². The molecular weight excluding hydrogens is 270 g/mol. The van der Waals surface area contributed by atoms with E-state index in [0.29, 0.717) is 0 Å². The molecular formula is C12H20BrNS. The maximum Gasteiger partial charge on any atom is 0.0310 e. The third-order valence-electron chi connectivity index (χ3n) is 1.38. The van der Waals surface area contributed by atoms with Crippen molar-refractivity contribution in [3.05, 3.63) is 34.9 Å². The Morgan fingerprint density at radius 3 is 2.47 bits per heavy atom. The Labute approximate surface area is 106 Å². The van der Waals surface area contributed by atoms with Gasteiger partial charge in [0, 0.05) is 15.8 Å². The highest BCUT2D eigenvalue weighted by Gasteiger charge is 2.09. The summed E-state index contributed by atoms with van der Waals surface area (Å²) in [5, 5.41) is 0. The molecule has 0 radical (unpaired) electrons. The van der Waals surface area contributed by atoms with Gasteiger partial charge in [-0.15, -0.1) is 0 Å². The van der Waals surface area contributed by atoms with Crippen molar-refractivity contribution in [1.29, 1.82) is 0 Å². The lowest BCUT2D eigenvalue weighted by Crippen LogP contribution is -2.18. The fourth-order valence-electron chi connectivity index (χ4n) is 0.909. The van der Waals surface area contributed by atoms with E-state index in [-0.39, 0.29) is 4.75 Å². The second kappa shape index (κ2) is 7.31. The number of halogens is 1. The average Bonchev–Trinajstić information content (AvgIpc) is 2.00. The first-order valence-electron chi connectivity index (χ1n) is 4.93. The van der Waals surface area contributed by atoms with Gasteiger partial charge in [-0.2, -0.15) is 0 Å². The topological polar surface area (TPSA) is 12.0 Å². The molecule has 0 aliphatic carbocycles. The van der Waals surface area contributed by atoms with Crippen LogP contribution < -0.4 is 4.72 Å². The largest absolute Gasteiger partial charge is 0.259 e. The van der Waals surface area contributed by atoms with Gasteiger partial charge in [0.05, 0.1) is 0 Å². The lowest BCUT2D eigenvalue weighted by Gasteiger charge is -2.17. The van der Waals surface area contributed by atoms with Gasteiger partial charge in [-0.25, -0.2) is 0 Å². The Balaban J connectivity index is 4.15. The smallest absolute Gasteiger partial charge is 0.0310 e. The van der Waals surface area contributed by atoms with Gasteiger partial charge in [-0.3, -0.25) is 4.72 Å². The van der Waals surface area contributed by atoms with Crippen molar-refractivity contribution in [2.45, 2.75) is 32.4 Å². The average molecular weight is 290 g/mol. The lowest BCUT2D eigenvalue weighted by atomic mass is 10.2. The normalized spacial score (nSPS) is 13.5. The molecule has 0 aromatic rings. The molecule has 0 saturated carbocycles. The maximum absolute atomic E-state index is 3.81. The van der Waals surface area contributed by atoms with Crippen LogP contribution in [0, 0.1) is 0 Å². The molecule has 0 amide bonds. The Morgan fingerprint density at radius 1 is 1.47 bits per heavy atom. The second-order valence-electron chi connectivity index (χ2n) is 4.20. The van der Waals surface area contributed by atoms with E-state index in [4.69, 9.17) is 0 Å². The SMILES string of the molecule is C=C(Br)/C=C(\C=C/C)CNSC(C)(C)C. The highest BCUT2D eigenvalue weighted by atomic mass is 79.9. The number of hydrogen-bond donors (Lipinski definition) is 1. The predicted octanol–water partition coefficient (Wildman–Crippen LogP) is 4.43. The first-order chi connectivity index (χ1) is 6.85. The van der Waals surface area contributed by atoms with Crippen molar-refractivity contribution in [1.82, 2.24) is 4.72 Å². The molecule has 0 aliphatic rings. The third kappa shape index (κ3) is 10.3. The maximum atomic E-state index is 3.81. The molecule has 15 heavy (non-hydrogen) atoms. The van der Waals surface area contributed by atoms with Crippen molar-refractivity contribution >= 4 is 27.9 Å². The van der Waals surface area contributed by atoms with Gasteiger partial charge in [0.1, 0.15) is 0 Å². The molecule has 1 nitrogen and oxygen atoms in total. The summed E-state index contributed by atoms with van der Waals surface area (Å²) in [4.78, 5) is 0. The van der Waals surface area contributed by atoms with Crippen LogP contribution in [0.3, 0.4) is 0 Å². The zero-order chi connectivity index (χ0) is 11.9. The van der Waals surface area contributed by atoms with Gasteiger partial charge in [-0.05, 0) is 39.3 Å². The molecule has 0 spiro atoms. The van der Waals surface area contributed by atoms with Crippen molar-refractivity contribution in [3.8, 4) is 0 Å². The molecule has 0 unspecified atom stereocenters. The fourth-order valence-corrected chi connectivity index (χ4v) is 1.88.